The Kier molecular flexibility index (Phi) is 5.39. The van der Waals surface area contributed by atoms with E-state index >= 15 is 0 Å². The van der Waals surface area contributed by atoms with E-state index in [0.29, 0.717) is 12.6 Å². The number of rotatable bonds is 6. The van der Waals surface area contributed by atoms with Crippen LogP contribution in [0.1, 0.15) is 34.2 Å². The molecule has 3 nitrogen and oxygen atoms in total. The van der Waals surface area contributed by atoms with Crippen molar-refractivity contribution in [2.75, 3.05) is 39.8 Å². The third-order valence-corrected chi connectivity index (χ3v) is 5.14. The first-order chi connectivity index (χ1) is 9.11. The summed E-state index contributed by atoms with van der Waals surface area (Å²) < 4.78 is 0. The van der Waals surface area contributed by atoms with Crippen molar-refractivity contribution < 1.29 is 0 Å². The predicted octanol–water partition coefficient (Wildman–Crippen LogP) is 2.39. The van der Waals surface area contributed by atoms with Crippen LogP contribution in [0.3, 0.4) is 0 Å². The molecule has 2 rings (SSSR count). The molecule has 0 bridgehead atoms. The maximum Gasteiger partial charge on any atom is 0.0478 e. The molecule has 0 spiro atoms. The second kappa shape index (κ2) is 6.84. The SMILES string of the molecule is Cc1cc(C(CN)N(C)CCN2CCCC2)c(C)s1. The summed E-state index contributed by atoms with van der Waals surface area (Å²) in [6, 6.07) is 2.68. The molecule has 1 fully saturated rings. The third kappa shape index (κ3) is 3.78. The van der Waals surface area contributed by atoms with Gasteiger partial charge in [-0.25, -0.2) is 0 Å². The molecule has 2 N–H and O–H groups in total. The molecule has 1 aromatic rings. The van der Waals surface area contributed by atoms with Gasteiger partial charge in [0.15, 0.2) is 0 Å². The summed E-state index contributed by atoms with van der Waals surface area (Å²) in [7, 11) is 2.21. The molecule has 0 amide bonds. The van der Waals surface area contributed by atoms with E-state index in [1.54, 1.807) is 0 Å². The molecule has 0 saturated carbocycles. The molecule has 1 unspecified atom stereocenters. The van der Waals surface area contributed by atoms with Gasteiger partial charge in [0.2, 0.25) is 0 Å². The highest BCUT2D eigenvalue weighted by Crippen LogP contribution is 2.28. The fraction of sp³-hybridized carbons (Fsp3) is 0.733. The molecule has 1 saturated heterocycles. The van der Waals surface area contributed by atoms with Crippen molar-refractivity contribution in [3.63, 3.8) is 0 Å². The van der Waals surface area contributed by atoms with Gasteiger partial charge in [-0.2, -0.15) is 0 Å². The molecule has 108 valence electrons. The Bertz CT molecular complexity index is 396. The Morgan fingerprint density at radius 1 is 1.37 bits per heavy atom. The topological polar surface area (TPSA) is 32.5 Å². The van der Waals surface area contributed by atoms with Crippen LogP contribution in [0.4, 0.5) is 0 Å². The maximum absolute atomic E-state index is 6.02. The third-order valence-electron chi connectivity index (χ3n) is 4.16. The molecule has 0 radical (unpaired) electrons. The van der Waals surface area contributed by atoms with Gasteiger partial charge in [-0.1, -0.05) is 0 Å². The van der Waals surface area contributed by atoms with E-state index in [-0.39, 0.29) is 0 Å². The summed E-state index contributed by atoms with van der Waals surface area (Å²) in [5.74, 6) is 0. The van der Waals surface area contributed by atoms with Gasteiger partial charge in [0.25, 0.3) is 0 Å². The summed E-state index contributed by atoms with van der Waals surface area (Å²) in [6.07, 6.45) is 2.74. The van der Waals surface area contributed by atoms with Crippen molar-refractivity contribution in [2.45, 2.75) is 32.7 Å². The minimum atomic E-state index is 0.368. The van der Waals surface area contributed by atoms with Crippen LogP contribution in [0.5, 0.6) is 0 Å². The van der Waals surface area contributed by atoms with Crippen LogP contribution in [0.25, 0.3) is 0 Å². The number of nitrogens with zero attached hydrogens (tertiary/aromatic N) is 2. The highest BCUT2D eigenvalue weighted by Gasteiger charge is 2.20. The van der Waals surface area contributed by atoms with Gasteiger partial charge >= 0.3 is 0 Å². The monoisotopic (exact) mass is 281 g/mol. The molecule has 1 aromatic heterocycles. The predicted molar refractivity (Wildman–Crippen MR) is 83.9 cm³/mol. The van der Waals surface area contributed by atoms with E-state index in [9.17, 15) is 0 Å². The Hall–Kier alpha value is -0.420. The maximum atomic E-state index is 6.02. The Labute approximate surface area is 121 Å². The molecular formula is C15H27N3S. The van der Waals surface area contributed by atoms with E-state index in [1.807, 2.05) is 11.3 Å². The standard InChI is InChI=1S/C15H27N3S/c1-12-10-14(13(2)19-12)15(11-16)17(3)8-9-18-6-4-5-7-18/h10,15H,4-9,11,16H2,1-3H3. The zero-order chi connectivity index (χ0) is 13.8. The van der Waals surface area contributed by atoms with Crippen LogP contribution in [0.15, 0.2) is 6.07 Å². The van der Waals surface area contributed by atoms with Crippen molar-refractivity contribution in [1.29, 1.82) is 0 Å². The van der Waals surface area contributed by atoms with Crippen molar-refractivity contribution in [3.05, 3.63) is 21.4 Å². The molecule has 19 heavy (non-hydrogen) atoms. The lowest BCUT2D eigenvalue weighted by Crippen LogP contribution is -2.36. The minimum Gasteiger partial charge on any atom is -0.329 e. The highest BCUT2D eigenvalue weighted by atomic mass is 32.1. The van der Waals surface area contributed by atoms with Gasteiger partial charge in [0, 0.05) is 35.4 Å². The van der Waals surface area contributed by atoms with Crippen LogP contribution in [-0.4, -0.2) is 49.6 Å². The molecular weight excluding hydrogens is 254 g/mol. The van der Waals surface area contributed by atoms with Gasteiger partial charge in [0.1, 0.15) is 0 Å². The Morgan fingerprint density at radius 2 is 2.05 bits per heavy atom. The lowest BCUT2D eigenvalue weighted by Gasteiger charge is -2.29. The number of likely N-dealkylation sites (N-methyl/N-ethyl adjacent to an activating group) is 1. The zero-order valence-electron chi connectivity index (χ0n) is 12.5. The van der Waals surface area contributed by atoms with E-state index < -0.39 is 0 Å². The second-order valence-electron chi connectivity index (χ2n) is 5.65. The summed E-state index contributed by atoms with van der Waals surface area (Å²) in [6.45, 7) is 9.93. The largest absolute Gasteiger partial charge is 0.329 e. The Morgan fingerprint density at radius 3 is 2.58 bits per heavy atom. The normalized spacial score (nSPS) is 18.4. The van der Waals surface area contributed by atoms with Crippen molar-refractivity contribution in [1.82, 2.24) is 9.80 Å². The first-order valence-corrected chi connectivity index (χ1v) is 8.13. The van der Waals surface area contributed by atoms with Crippen LogP contribution < -0.4 is 5.73 Å². The molecule has 1 atom stereocenters. The molecule has 0 aliphatic carbocycles. The number of hydrogen-bond donors (Lipinski definition) is 1. The van der Waals surface area contributed by atoms with Crippen molar-refractivity contribution >= 4 is 11.3 Å². The molecule has 4 heteroatoms. The van der Waals surface area contributed by atoms with Gasteiger partial charge in [-0.15, -0.1) is 11.3 Å². The molecule has 1 aliphatic rings. The summed E-state index contributed by atoms with van der Waals surface area (Å²) >= 11 is 1.88. The number of likely N-dealkylation sites (tertiary alicyclic amines) is 1. The summed E-state index contributed by atoms with van der Waals surface area (Å²) in [5.41, 5.74) is 7.44. The average Bonchev–Trinajstić information content (AvgIpc) is 2.98. The van der Waals surface area contributed by atoms with Gasteiger partial charge in [-0.05, 0) is 58.5 Å². The quantitative estimate of drug-likeness (QED) is 0.869. The van der Waals surface area contributed by atoms with E-state index in [1.165, 1.54) is 47.8 Å². The second-order valence-corrected chi connectivity index (χ2v) is 7.11. The van der Waals surface area contributed by atoms with Gasteiger partial charge in [0.05, 0.1) is 0 Å². The minimum absolute atomic E-state index is 0.368. The summed E-state index contributed by atoms with van der Waals surface area (Å²) in [5, 5.41) is 0. The number of thiophene rings is 1. The van der Waals surface area contributed by atoms with Gasteiger partial charge < -0.3 is 10.6 Å². The number of aryl methyl sites for hydroxylation is 2. The van der Waals surface area contributed by atoms with Crippen LogP contribution in [0.2, 0.25) is 0 Å². The van der Waals surface area contributed by atoms with Crippen molar-refractivity contribution in [3.8, 4) is 0 Å². The van der Waals surface area contributed by atoms with E-state index in [2.05, 4.69) is 36.8 Å². The highest BCUT2D eigenvalue weighted by molar-refractivity contribution is 7.12. The Balaban J connectivity index is 1.94. The summed E-state index contributed by atoms with van der Waals surface area (Å²) in [4.78, 5) is 7.79. The average molecular weight is 281 g/mol. The van der Waals surface area contributed by atoms with Crippen molar-refractivity contribution in [2.24, 2.45) is 5.73 Å². The molecule has 2 heterocycles. The zero-order valence-corrected chi connectivity index (χ0v) is 13.3. The van der Waals surface area contributed by atoms with Crippen LogP contribution in [0, 0.1) is 13.8 Å². The number of nitrogens with two attached hydrogens (primary N) is 1. The van der Waals surface area contributed by atoms with Gasteiger partial charge in [-0.3, -0.25) is 4.90 Å². The lowest BCUT2D eigenvalue weighted by molar-refractivity contribution is 0.209. The fourth-order valence-corrected chi connectivity index (χ4v) is 3.97. The molecule has 0 aromatic carbocycles. The molecule has 1 aliphatic heterocycles. The first kappa shape index (κ1) is 15.0. The number of hydrogen-bond acceptors (Lipinski definition) is 4. The van der Waals surface area contributed by atoms with Crippen LogP contribution in [-0.2, 0) is 0 Å². The van der Waals surface area contributed by atoms with E-state index in [0.717, 1.165) is 6.54 Å². The smallest absolute Gasteiger partial charge is 0.0478 e. The lowest BCUT2D eigenvalue weighted by atomic mass is 10.1. The van der Waals surface area contributed by atoms with E-state index in [4.69, 9.17) is 5.73 Å². The van der Waals surface area contributed by atoms with Crippen LogP contribution >= 0.6 is 11.3 Å². The fourth-order valence-electron chi connectivity index (χ4n) is 2.99. The first-order valence-electron chi connectivity index (χ1n) is 7.31.